The van der Waals surface area contributed by atoms with Gasteiger partial charge in [-0.1, -0.05) is 117 Å². The molecule has 5 heteroatoms. The van der Waals surface area contributed by atoms with E-state index < -0.39 is 12.1 Å². The van der Waals surface area contributed by atoms with Gasteiger partial charge in [0.2, 0.25) is 0 Å². The highest BCUT2D eigenvalue weighted by atomic mass is 16.5. The number of unbranched alkanes of at least 4 members (excludes halogenated alkanes) is 13. The van der Waals surface area contributed by atoms with Gasteiger partial charge in [0.05, 0.1) is 27.6 Å². The molecular weight excluding hydrogens is 426 g/mol. The monoisotopic (exact) mass is 484 g/mol. The topological polar surface area (TPSA) is 63.6 Å². The van der Waals surface area contributed by atoms with Crippen molar-refractivity contribution in [1.82, 2.24) is 0 Å². The van der Waals surface area contributed by atoms with E-state index in [-0.39, 0.29) is 12.4 Å². The van der Waals surface area contributed by atoms with Gasteiger partial charge in [0.15, 0.2) is 6.10 Å². The molecule has 0 saturated carbocycles. The number of carboxylic acids is 1. The summed E-state index contributed by atoms with van der Waals surface area (Å²) in [6.45, 7) is 5.11. The Bertz CT molecular complexity index is 501. The van der Waals surface area contributed by atoms with Gasteiger partial charge < -0.3 is 14.3 Å². The van der Waals surface area contributed by atoms with Crippen molar-refractivity contribution in [2.75, 3.05) is 27.7 Å². The number of esters is 1. The lowest BCUT2D eigenvalue weighted by Crippen LogP contribution is -2.43. The molecule has 2 unspecified atom stereocenters. The van der Waals surface area contributed by atoms with Crippen molar-refractivity contribution < 1.29 is 23.9 Å². The normalized spacial score (nSPS) is 13.6. The van der Waals surface area contributed by atoms with Crippen LogP contribution in [-0.2, 0) is 14.3 Å². The van der Waals surface area contributed by atoms with Crippen LogP contribution in [0.25, 0.3) is 0 Å². The van der Waals surface area contributed by atoms with Crippen LogP contribution >= 0.6 is 0 Å². The molecule has 202 valence electrons. The van der Waals surface area contributed by atoms with E-state index in [0.717, 1.165) is 19.3 Å². The number of carbonyl (C=O) groups is 2. The van der Waals surface area contributed by atoms with Gasteiger partial charge in [-0.05, 0) is 12.3 Å². The van der Waals surface area contributed by atoms with Gasteiger partial charge in [0, 0.05) is 6.42 Å². The number of rotatable bonds is 24. The zero-order chi connectivity index (χ0) is 25.7. The first-order valence-electron chi connectivity index (χ1n) is 14.4. The van der Waals surface area contributed by atoms with Crippen molar-refractivity contribution in [3.05, 3.63) is 0 Å². The molecule has 0 radical (unpaired) electrons. The Morgan fingerprint density at radius 3 is 1.62 bits per heavy atom. The predicted molar refractivity (Wildman–Crippen MR) is 143 cm³/mol. The first-order chi connectivity index (χ1) is 16.1. The van der Waals surface area contributed by atoms with Gasteiger partial charge in [0.1, 0.15) is 6.54 Å². The highest BCUT2D eigenvalue weighted by molar-refractivity contribution is 5.71. The molecule has 0 aliphatic rings. The van der Waals surface area contributed by atoms with Gasteiger partial charge in [-0.25, -0.2) is 0 Å². The van der Waals surface area contributed by atoms with Gasteiger partial charge in [-0.15, -0.1) is 0 Å². The smallest absolute Gasteiger partial charge is 0.307 e. The molecule has 2 atom stereocenters. The molecule has 0 rings (SSSR count). The first kappa shape index (κ1) is 32.9. The fraction of sp³-hybridized carbons (Fsp3) is 0.931. The van der Waals surface area contributed by atoms with Crippen molar-refractivity contribution in [1.29, 1.82) is 0 Å². The van der Waals surface area contributed by atoms with Crippen LogP contribution < -0.4 is 0 Å². The molecule has 5 nitrogen and oxygen atoms in total. The number of aliphatic carboxylic acids is 1. The zero-order valence-corrected chi connectivity index (χ0v) is 23.4. The summed E-state index contributed by atoms with van der Waals surface area (Å²) in [5.41, 5.74) is 0. The van der Waals surface area contributed by atoms with Crippen molar-refractivity contribution in [2.24, 2.45) is 5.92 Å². The molecule has 1 N–H and O–H groups in total. The van der Waals surface area contributed by atoms with Crippen LogP contribution in [-0.4, -0.2) is 55.3 Å². The molecule has 0 spiro atoms. The van der Waals surface area contributed by atoms with E-state index in [0.29, 0.717) is 23.4 Å². The van der Waals surface area contributed by atoms with Crippen molar-refractivity contribution in [3.8, 4) is 0 Å². The summed E-state index contributed by atoms with van der Waals surface area (Å²) in [4.78, 5) is 23.2. The Morgan fingerprint density at radius 1 is 0.735 bits per heavy atom. The van der Waals surface area contributed by atoms with Crippen molar-refractivity contribution in [2.45, 2.75) is 142 Å². The summed E-state index contributed by atoms with van der Waals surface area (Å²) in [6, 6.07) is 0. The van der Waals surface area contributed by atoms with E-state index in [1.165, 1.54) is 89.9 Å². The number of likely N-dealkylation sites (N-methyl/N-ethyl adjacent to an activating group) is 1. The number of hydrogen-bond acceptors (Lipinski definition) is 3. The second kappa shape index (κ2) is 21.2. The number of hydrogen-bond donors (Lipinski definition) is 1. The van der Waals surface area contributed by atoms with Gasteiger partial charge in [-0.2, -0.15) is 0 Å². The number of carbonyl (C=O) groups excluding carboxylic acids is 1. The molecule has 0 bridgehead atoms. The quantitative estimate of drug-likeness (QED) is 0.0863. The standard InChI is InChI=1S/C29H57NO4/c1-6-7-8-9-10-11-12-13-14-15-16-17-18-21-26(2)22-19-20-23-29(33)34-27(24-28(31)32)25-30(3,4)5/h26-27H,6-25H2,1-5H3/p+1. The summed E-state index contributed by atoms with van der Waals surface area (Å²) in [6.07, 6.45) is 22.1. The van der Waals surface area contributed by atoms with Crippen LogP contribution in [0.1, 0.15) is 136 Å². The summed E-state index contributed by atoms with van der Waals surface area (Å²) in [7, 11) is 5.92. The number of quaternary nitrogens is 1. The largest absolute Gasteiger partial charge is 0.481 e. The van der Waals surface area contributed by atoms with Crippen LogP contribution in [0, 0.1) is 5.92 Å². The highest BCUT2D eigenvalue weighted by Gasteiger charge is 2.24. The third kappa shape index (κ3) is 24.0. The molecule has 0 aliphatic heterocycles. The average molecular weight is 485 g/mol. The SMILES string of the molecule is CCCCCCCCCCCCCCCC(C)CCCCC(=O)OC(CC(=O)O)C[N+](C)(C)C. The van der Waals surface area contributed by atoms with Crippen molar-refractivity contribution in [3.63, 3.8) is 0 Å². The Hall–Kier alpha value is -1.10. The highest BCUT2D eigenvalue weighted by Crippen LogP contribution is 2.19. The number of nitrogens with zero attached hydrogens (tertiary/aromatic N) is 1. The van der Waals surface area contributed by atoms with E-state index in [2.05, 4.69) is 13.8 Å². The Morgan fingerprint density at radius 2 is 1.18 bits per heavy atom. The fourth-order valence-corrected chi connectivity index (χ4v) is 4.61. The molecule has 0 aromatic carbocycles. The third-order valence-corrected chi connectivity index (χ3v) is 6.58. The maximum atomic E-state index is 12.2. The lowest BCUT2D eigenvalue weighted by atomic mass is 9.96. The van der Waals surface area contributed by atoms with Crippen LogP contribution in [0.3, 0.4) is 0 Å². The molecule has 0 saturated heterocycles. The average Bonchev–Trinajstić information content (AvgIpc) is 2.72. The van der Waals surface area contributed by atoms with E-state index in [9.17, 15) is 9.59 Å². The summed E-state index contributed by atoms with van der Waals surface area (Å²) < 4.78 is 6.03. The van der Waals surface area contributed by atoms with Crippen LogP contribution in [0.4, 0.5) is 0 Å². The molecule has 0 aromatic heterocycles. The molecule has 0 aliphatic carbocycles. The van der Waals surface area contributed by atoms with Gasteiger partial charge in [0.25, 0.3) is 0 Å². The van der Waals surface area contributed by atoms with Gasteiger partial charge in [-0.3, -0.25) is 9.59 Å². The zero-order valence-electron chi connectivity index (χ0n) is 23.4. The molecule has 34 heavy (non-hydrogen) atoms. The predicted octanol–water partition coefficient (Wildman–Crippen LogP) is 7.76. The minimum atomic E-state index is -0.923. The Labute approximate surface area is 211 Å². The molecule has 0 heterocycles. The summed E-state index contributed by atoms with van der Waals surface area (Å²) >= 11 is 0. The fourth-order valence-electron chi connectivity index (χ4n) is 4.61. The summed E-state index contributed by atoms with van der Waals surface area (Å²) in [5, 5.41) is 9.06. The third-order valence-electron chi connectivity index (χ3n) is 6.58. The van der Waals surface area contributed by atoms with Crippen LogP contribution in [0.15, 0.2) is 0 Å². The van der Waals surface area contributed by atoms with Crippen LogP contribution in [0.5, 0.6) is 0 Å². The minimum Gasteiger partial charge on any atom is -0.481 e. The van der Waals surface area contributed by atoms with Crippen LogP contribution in [0.2, 0.25) is 0 Å². The molecule has 0 aromatic rings. The summed E-state index contributed by atoms with van der Waals surface area (Å²) in [5.74, 6) is -0.473. The Kier molecular flexibility index (Phi) is 20.5. The molecule has 0 amide bonds. The lowest BCUT2D eigenvalue weighted by molar-refractivity contribution is -0.873. The lowest BCUT2D eigenvalue weighted by Gasteiger charge is -2.28. The van der Waals surface area contributed by atoms with Gasteiger partial charge >= 0.3 is 11.9 Å². The van der Waals surface area contributed by atoms with E-state index in [1.54, 1.807) is 0 Å². The maximum absolute atomic E-state index is 12.2. The molecule has 0 fully saturated rings. The number of ether oxygens (including phenoxy) is 1. The second-order valence-corrected chi connectivity index (χ2v) is 11.6. The number of carboxylic acid groups (broad SMARTS) is 1. The van der Waals surface area contributed by atoms with E-state index in [4.69, 9.17) is 9.84 Å². The Balaban J connectivity index is 3.63. The molecular formula is C29H58NO4+. The maximum Gasteiger partial charge on any atom is 0.307 e. The first-order valence-corrected chi connectivity index (χ1v) is 14.4. The van der Waals surface area contributed by atoms with E-state index >= 15 is 0 Å². The van der Waals surface area contributed by atoms with E-state index in [1.807, 2.05) is 21.1 Å². The van der Waals surface area contributed by atoms with Crippen molar-refractivity contribution >= 4 is 11.9 Å². The minimum absolute atomic E-state index is 0.128. The second-order valence-electron chi connectivity index (χ2n) is 11.6.